The maximum absolute atomic E-state index is 11.7. The summed E-state index contributed by atoms with van der Waals surface area (Å²) in [4.78, 5) is 16.1. The molecule has 0 unspecified atom stereocenters. The van der Waals surface area contributed by atoms with Crippen LogP contribution < -0.4 is 4.74 Å². The second-order valence-electron chi connectivity index (χ2n) is 8.83. The number of hydrogen-bond acceptors (Lipinski definition) is 4. The van der Waals surface area contributed by atoms with E-state index in [1.54, 1.807) is 6.20 Å². The monoisotopic (exact) mass is 675 g/mol. The van der Waals surface area contributed by atoms with Crippen molar-refractivity contribution in [3.05, 3.63) is 90.8 Å². The van der Waals surface area contributed by atoms with Gasteiger partial charge in [0.1, 0.15) is 0 Å². The van der Waals surface area contributed by atoms with E-state index in [4.69, 9.17) is 4.74 Å². The molecular weight excluding hydrogens is 639 g/mol. The molecule has 0 atom stereocenters. The third-order valence-electron chi connectivity index (χ3n) is 6.59. The Bertz CT molecular complexity index is 1300. The summed E-state index contributed by atoms with van der Waals surface area (Å²) in [5.41, 5.74) is 0. The summed E-state index contributed by atoms with van der Waals surface area (Å²) in [6.45, 7) is 8.07. The molecule has 4 aromatic rings. The van der Waals surface area contributed by atoms with Crippen molar-refractivity contribution in [2.45, 2.75) is 53.4 Å². The van der Waals surface area contributed by atoms with Crippen molar-refractivity contribution in [2.75, 3.05) is 0 Å². The first-order valence-corrected chi connectivity index (χ1v) is 12.9. The second kappa shape index (κ2) is 15.3. The molecule has 197 valence electrons. The number of para-hydroxylation sites is 1. The quantitative estimate of drug-likeness (QED) is 0.0835. The molecule has 1 heterocycles. The Morgan fingerprint density at radius 2 is 1.54 bits per heavy atom. The van der Waals surface area contributed by atoms with Crippen LogP contribution in [0.5, 0.6) is 11.6 Å². The SMILES string of the molecule is CCC(CC)C(=O)/C=C(\O)C(CC)CC.[Ir].[c-]1ccccc1Oc1nccc2ccc3ccccc3c12. The van der Waals surface area contributed by atoms with Crippen LogP contribution >= 0.6 is 0 Å². The minimum Gasteiger partial charge on any atom is -0.512 e. The second-order valence-corrected chi connectivity index (χ2v) is 8.83. The molecule has 0 saturated carbocycles. The minimum absolute atomic E-state index is 0. The molecule has 4 rings (SSSR count). The van der Waals surface area contributed by atoms with Crippen LogP contribution in [0.25, 0.3) is 21.5 Å². The molecule has 37 heavy (non-hydrogen) atoms. The van der Waals surface area contributed by atoms with E-state index >= 15 is 0 Å². The summed E-state index contributed by atoms with van der Waals surface area (Å²) < 4.78 is 5.93. The largest absolute Gasteiger partial charge is 0.512 e. The van der Waals surface area contributed by atoms with Gasteiger partial charge in [-0.3, -0.25) is 4.79 Å². The summed E-state index contributed by atoms with van der Waals surface area (Å²) in [6, 6.07) is 25.1. The van der Waals surface area contributed by atoms with Crippen LogP contribution in [0.1, 0.15) is 53.4 Å². The van der Waals surface area contributed by atoms with Crippen LogP contribution in [-0.4, -0.2) is 15.9 Å². The Kier molecular flexibility index (Phi) is 12.5. The smallest absolute Gasteiger partial charge is 0.225 e. The molecule has 0 spiro atoms. The normalized spacial score (nSPS) is 11.2. The Morgan fingerprint density at radius 3 is 2.19 bits per heavy atom. The topological polar surface area (TPSA) is 59.4 Å². The average molecular weight is 675 g/mol. The molecule has 0 aliphatic carbocycles. The van der Waals surface area contributed by atoms with Crippen LogP contribution in [0.2, 0.25) is 0 Å². The molecule has 1 radical (unpaired) electrons. The predicted molar refractivity (Wildman–Crippen MR) is 148 cm³/mol. The maximum Gasteiger partial charge on any atom is 0.225 e. The molecule has 0 fully saturated rings. The van der Waals surface area contributed by atoms with E-state index in [1.807, 2.05) is 70.2 Å². The fourth-order valence-electron chi connectivity index (χ4n) is 4.32. The fourth-order valence-corrected chi connectivity index (χ4v) is 4.32. The van der Waals surface area contributed by atoms with Crippen LogP contribution in [0.4, 0.5) is 0 Å². The van der Waals surface area contributed by atoms with Gasteiger partial charge in [-0.15, -0.1) is 12.1 Å². The number of ether oxygens (including phenoxy) is 1. The zero-order valence-corrected chi connectivity index (χ0v) is 24.4. The van der Waals surface area contributed by atoms with Gasteiger partial charge in [0, 0.05) is 50.0 Å². The van der Waals surface area contributed by atoms with Gasteiger partial charge < -0.3 is 9.84 Å². The van der Waals surface area contributed by atoms with Crippen LogP contribution in [0.3, 0.4) is 0 Å². The van der Waals surface area contributed by atoms with Gasteiger partial charge in [-0.05, 0) is 47.9 Å². The fraction of sp³-hybridized carbons (Fsp3) is 0.312. The number of carbonyl (C=O) groups excluding carboxylic acids is 1. The summed E-state index contributed by atoms with van der Waals surface area (Å²) in [5.74, 6) is 1.84. The summed E-state index contributed by atoms with van der Waals surface area (Å²) in [6.07, 6.45) is 6.68. The standard InChI is InChI=1S/C19H12NO.C13H24O2.Ir/c1-2-7-16(8-3-1)21-19-18-15(12-13-20-19)11-10-14-6-4-5-9-17(14)18;1-5-10(6-2)12(14)9-13(15)11(7-3)8-4;/h1-7,9-13H;9-11,14H,5-8H2,1-4H3;/q-1;;/b;12-9-;. The molecule has 3 aromatic carbocycles. The van der Waals surface area contributed by atoms with Crippen LogP contribution in [0, 0.1) is 17.9 Å². The molecule has 1 N–H and O–H groups in total. The third kappa shape index (κ3) is 7.98. The van der Waals surface area contributed by atoms with E-state index < -0.39 is 0 Å². The van der Waals surface area contributed by atoms with E-state index in [1.165, 1.54) is 11.5 Å². The average Bonchev–Trinajstić information content (AvgIpc) is 2.91. The van der Waals surface area contributed by atoms with E-state index in [0.717, 1.165) is 41.8 Å². The Morgan fingerprint density at radius 1 is 0.892 bits per heavy atom. The first kappa shape index (κ1) is 30.2. The number of benzene rings is 3. The Labute approximate surface area is 234 Å². The number of carbonyl (C=O) groups is 1. The molecule has 0 bridgehead atoms. The van der Waals surface area contributed by atoms with Crippen LogP contribution in [0.15, 0.2) is 84.8 Å². The third-order valence-corrected chi connectivity index (χ3v) is 6.59. The van der Waals surface area contributed by atoms with Crippen molar-refractivity contribution in [2.24, 2.45) is 11.8 Å². The van der Waals surface area contributed by atoms with Gasteiger partial charge in [0.15, 0.2) is 5.78 Å². The van der Waals surface area contributed by atoms with Gasteiger partial charge >= 0.3 is 0 Å². The van der Waals surface area contributed by atoms with Crippen molar-refractivity contribution in [1.82, 2.24) is 4.98 Å². The number of aliphatic hydroxyl groups excluding tert-OH is 1. The first-order valence-electron chi connectivity index (χ1n) is 12.9. The van der Waals surface area contributed by atoms with Gasteiger partial charge in [-0.2, -0.15) is 18.2 Å². The Hall–Kier alpha value is -3.01. The molecule has 0 aliphatic heterocycles. The van der Waals surface area contributed by atoms with Gasteiger partial charge in [-0.1, -0.05) is 64.1 Å². The Balaban J connectivity index is 0.000000271. The molecule has 0 aliphatic rings. The van der Waals surface area contributed by atoms with E-state index in [9.17, 15) is 9.90 Å². The number of rotatable bonds is 9. The van der Waals surface area contributed by atoms with Gasteiger partial charge in [-0.25, -0.2) is 4.98 Å². The number of pyridine rings is 1. The molecule has 5 heteroatoms. The summed E-state index contributed by atoms with van der Waals surface area (Å²) in [5, 5.41) is 14.2. The summed E-state index contributed by atoms with van der Waals surface area (Å²) >= 11 is 0. The number of allylic oxidation sites excluding steroid dienone is 2. The first-order chi connectivity index (χ1) is 17.5. The number of fused-ring (bicyclic) bond motifs is 3. The molecule has 0 saturated heterocycles. The van der Waals surface area contributed by atoms with Crippen LogP contribution in [-0.2, 0) is 24.9 Å². The maximum atomic E-state index is 11.7. The van der Waals surface area contributed by atoms with E-state index in [0.29, 0.717) is 11.6 Å². The van der Waals surface area contributed by atoms with Crippen molar-refractivity contribution in [3.63, 3.8) is 0 Å². The molecule has 4 nitrogen and oxygen atoms in total. The van der Waals surface area contributed by atoms with E-state index in [-0.39, 0.29) is 43.5 Å². The van der Waals surface area contributed by atoms with E-state index in [2.05, 4.69) is 35.3 Å². The number of hydrogen-bond donors (Lipinski definition) is 1. The molecular formula is C32H36IrNO3-. The zero-order chi connectivity index (χ0) is 25.9. The zero-order valence-electron chi connectivity index (χ0n) is 22.0. The number of aromatic nitrogens is 1. The van der Waals surface area contributed by atoms with Gasteiger partial charge in [0.05, 0.1) is 11.1 Å². The number of ketones is 1. The minimum atomic E-state index is 0. The van der Waals surface area contributed by atoms with Gasteiger partial charge in [0.25, 0.3) is 0 Å². The number of nitrogens with zero attached hydrogens (tertiary/aromatic N) is 1. The predicted octanol–water partition coefficient (Wildman–Crippen LogP) is 8.85. The molecule has 1 aromatic heterocycles. The summed E-state index contributed by atoms with van der Waals surface area (Å²) in [7, 11) is 0. The number of aliphatic hydroxyl groups is 1. The van der Waals surface area contributed by atoms with Crippen molar-refractivity contribution in [3.8, 4) is 11.6 Å². The van der Waals surface area contributed by atoms with Crippen molar-refractivity contribution in [1.29, 1.82) is 0 Å². The van der Waals surface area contributed by atoms with Crippen molar-refractivity contribution < 1.29 is 34.7 Å². The van der Waals surface area contributed by atoms with Gasteiger partial charge in [0.2, 0.25) is 5.88 Å². The van der Waals surface area contributed by atoms with Crippen molar-refractivity contribution >= 4 is 27.3 Å². The molecule has 0 amide bonds.